The fourth-order valence-electron chi connectivity index (χ4n) is 2.67. The first-order valence-corrected chi connectivity index (χ1v) is 6.64. The third-order valence-electron chi connectivity index (χ3n) is 3.73. The maximum atomic E-state index is 12.5. The molecule has 2 aromatic heterocycles. The first-order chi connectivity index (χ1) is 9.29. The number of hydrogen-bond donors (Lipinski definition) is 1. The Balaban J connectivity index is 1.89. The van der Waals surface area contributed by atoms with Crippen molar-refractivity contribution in [3.63, 3.8) is 0 Å². The van der Waals surface area contributed by atoms with Crippen molar-refractivity contribution in [3.05, 3.63) is 36.3 Å². The van der Waals surface area contributed by atoms with Gasteiger partial charge in [0.2, 0.25) is 0 Å². The van der Waals surface area contributed by atoms with E-state index in [2.05, 4.69) is 4.98 Å². The fraction of sp³-hybridized carbons (Fsp3) is 0.429. The number of aromatic nitrogens is 2. The van der Waals surface area contributed by atoms with Crippen LogP contribution >= 0.6 is 0 Å². The first-order valence-electron chi connectivity index (χ1n) is 6.64. The smallest absolute Gasteiger partial charge is 0.255 e. The van der Waals surface area contributed by atoms with Crippen LogP contribution in [-0.2, 0) is 0 Å². The lowest BCUT2D eigenvalue weighted by Gasteiger charge is -2.34. The molecule has 1 saturated heterocycles. The minimum Gasteiger partial charge on any atom is -0.394 e. The number of carbonyl (C=O) groups excluding carboxylic acids is 1. The highest BCUT2D eigenvalue weighted by Crippen LogP contribution is 2.19. The van der Waals surface area contributed by atoms with Gasteiger partial charge in [-0.25, -0.2) is 4.98 Å². The van der Waals surface area contributed by atoms with Crippen LogP contribution < -0.4 is 0 Å². The van der Waals surface area contributed by atoms with E-state index in [9.17, 15) is 9.90 Å². The Labute approximate surface area is 111 Å². The molecule has 0 radical (unpaired) electrons. The monoisotopic (exact) mass is 259 g/mol. The van der Waals surface area contributed by atoms with Crippen LogP contribution in [0.3, 0.4) is 0 Å². The summed E-state index contributed by atoms with van der Waals surface area (Å²) in [6.45, 7) is 0.769. The molecule has 1 atom stereocenters. The fourth-order valence-corrected chi connectivity index (χ4v) is 2.67. The van der Waals surface area contributed by atoms with E-state index < -0.39 is 0 Å². The maximum absolute atomic E-state index is 12.5. The predicted octanol–water partition coefficient (Wildman–Crippen LogP) is 1.32. The topological polar surface area (TPSA) is 57.8 Å². The summed E-state index contributed by atoms with van der Waals surface area (Å²) in [5.41, 5.74) is 1.47. The van der Waals surface area contributed by atoms with Crippen molar-refractivity contribution < 1.29 is 9.90 Å². The Hall–Kier alpha value is -1.88. The molecule has 5 nitrogen and oxygen atoms in total. The molecule has 1 fully saturated rings. The van der Waals surface area contributed by atoms with Gasteiger partial charge >= 0.3 is 0 Å². The van der Waals surface area contributed by atoms with Crippen molar-refractivity contribution in [3.8, 4) is 0 Å². The number of fused-ring (bicyclic) bond motifs is 1. The molecule has 5 heteroatoms. The SMILES string of the molecule is O=C(c1ccc2nccn2c1)N1CCCC[C@@H]1CO. The summed E-state index contributed by atoms with van der Waals surface area (Å²) in [5.74, 6) is -0.00523. The molecule has 0 aromatic carbocycles. The van der Waals surface area contributed by atoms with Crippen molar-refractivity contribution >= 4 is 11.6 Å². The lowest BCUT2D eigenvalue weighted by molar-refractivity contribution is 0.0502. The van der Waals surface area contributed by atoms with Crippen LogP contribution in [0.1, 0.15) is 29.6 Å². The number of nitrogens with zero attached hydrogens (tertiary/aromatic N) is 3. The van der Waals surface area contributed by atoms with E-state index in [1.54, 1.807) is 23.4 Å². The zero-order valence-electron chi connectivity index (χ0n) is 10.7. The molecular formula is C14H17N3O2. The minimum atomic E-state index is -0.0419. The molecule has 3 heterocycles. The van der Waals surface area contributed by atoms with E-state index >= 15 is 0 Å². The van der Waals surface area contributed by atoms with E-state index in [1.807, 2.05) is 16.7 Å². The van der Waals surface area contributed by atoms with Crippen LogP contribution in [0, 0.1) is 0 Å². The number of hydrogen-bond acceptors (Lipinski definition) is 3. The second kappa shape index (κ2) is 5.01. The molecule has 1 aliphatic heterocycles. The highest BCUT2D eigenvalue weighted by molar-refractivity contribution is 5.94. The largest absolute Gasteiger partial charge is 0.394 e. The molecule has 0 unspecified atom stereocenters. The summed E-state index contributed by atoms with van der Waals surface area (Å²) in [5, 5.41) is 9.39. The van der Waals surface area contributed by atoms with Gasteiger partial charge in [0.15, 0.2) is 0 Å². The van der Waals surface area contributed by atoms with Crippen molar-refractivity contribution in [2.24, 2.45) is 0 Å². The molecular weight excluding hydrogens is 242 g/mol. The lowest BCUT2D eigenvalue weighted by Crippen LogP contribution is -2.45. The van der Waals surface area contributed by atoms with Gasteiger partial charge in [-0.1, -0.05) is 0 Å². The Kier molecular flexibility index (Phi) is 3.21. The summed E-state index contributed by atoms with van der Waals surface area (Å²) < 4.78 is 1.84. The number of carbonyl (C=O) groups is 1. The first kappa shape index (κ1) is 12.2. The average molecular weight is 259 g/mol. The van der Waals surface area contributed by atoms with Crippen LogP contribution in [0.5, 0.6) is 0 Å². The highest BCUT2D eigenvalue weighted by Gasteiger charge is 2.26. The molecule has 1 N–H and O–H groups in total. The van der Waals surface area contributed by atoms with E-state index in [0.29, 0.717) is 5.56 Å². The van der Waals surface area contributed by atoms with E-state index in [4.69, 9.17) is 0 Å². The number of pyridine rings is 1. The van der Waals surface area contributed by atoms with Gasteiger partial charge in [0.25, 0.3) is 5.91 Å². The van der Waals surface area contributed by atoms with Gasteiger partial charge in [-0.05, 0) is 31.4 Å². The molecule has 19 heavy (non-hydrogen) atoms. The number of likely N-dealkylation sites (tertiary alicyclic amines) is 1. The summed E-state index contributed by atoms with van der Waals surface area (Å²) in [6.07, 6.45) is 8.31. The van der Waals surface area contributed by atoms with Crippen LogP contribution in [-0.4, -0.2) is 44.5 Å². The molecule has 0 aliphatic carbocycles. The molecule has 0 bridgehead atoms. The van der Waals surface area contributed by atoms with Crippen LogP contribution in [0.4, 0.5) is 0 Å². The third-order valence-corrected chi connectivity index (χ3v) is 3.73. The number of aliphatic hydroxyl groups is 1. The zero-order chi connectivity index (χ0) is 13.2. The maximum Gasteiger partial charge on any atom is 0.255 e. The van der Waals surface area contributed by atoms with Gasteiger partial charge in [0.05, 0.1) is 18.2 Å². The standard InChI is InChI=1S/C14H17N3O2/c18-10-12-3-1-2-7-17(12)14(19)11-4-5-13-15-6-8-16(13)9-11/h4-6,8-9,12,18H,1-3,7,10H2/t12-/m1/s1. The molecule has 3 rings (SSSR count). The number of piperidine rings is 1. The Morgan fingerprint density at radius 1 is 1.42 bits per heavy atom. The molecule has 0 saturated carbocycles. The van der Waals surface area contributed by atoms with Gasteiger partial charge < -0.3 is 14.4 Å². The Morgan fingerprint density at radius 3 is 3.16 bits per heavy atom. The molecule has 1 aliphatic rings. The number of aliphatic hydroxyl groups excluding tert-OH is 1. The number of amides is 1. The zero-order valence-corrected chi connectivity index (χ0v) is 10.7. The summed E-state index contributed by atoms with van der Waals surface area (Å²) in [6, 6.07) is 3.60. The van der Waals surface area contributed by atoms with Crippen molar-refractivity contribution in [2.75, 3.05) is 13.2 Å². The van der Waals surface area contributed by atoms with E-state index in [1.165, 1.54) is 0 Å². The van der Waals surface area contributed by atoms with Crippen molar-refractivity contribution in [1.29, 1.82) is 0 Å². The molecule has 0 spiro atoms. The van der Waals surface area contributed by atoms with Gasteiger partial charge in [-0.3, -0.25) is 4.79 Å². The minimum absolute atomic E-state index is 0.00523. The van der Waals surface area contributed by atoms with Crippen LogP contribution in [0.25, 0.3) is 5.65 Å². The molecule has 2 aromatic rings. The third kappa shape index (κ3) is 2.21. The van der Waals surface area contributed by atoms with Gasteiger partial charge in [0.1, 0.15) is 5.65 Å². The number of imidazole rings is 1. The number of rotatable bonds is 2. The summed E-state index contributed by atoms with van der Waals surface area (Å²) in [4.78, 5) is 18.5. The van der Waals surface area contributed by atoms with Gasteiger partial charge in [-0.2, -0.15) is 0 Å². The quantitative estimate of drug-likeness (QED) is 0.885. The molecule has 100 valence electrons. The van der Waals surface area contributed by atoms with E-state index in [-0.39, 0.29) is 18.6 Å². The predicted molar refractivity (Wildman–Crippen MR) is 71.0 cm³/mol. The summed E-state index contributed by atoms with van der Waals surface area (Å²) >= 11 is 0. The second-order valence-corrected chi connectivity index (χ2v) is 4.94. The lowest BCUT2D eigenvalue weighted by atomic mass is 10.0. The van der Waals surface area contributed by atoms with Gasteiger partial charge in [-0.15, -0.1) is 0 Å². The second-order valence-electron chi connectivity index (χ2n) is 4.94. The van der Waals surface area contributed by atoms with E-state index in [0.717, 1.165) is 31.5 Å². The Morgan fingerprint density at radius 2 is 2.32 bits per heavy atom. The normalized spacial score (nSPS) is 19.8. The highest BCUT2D eigenvalue weighted by atomic mass is 16.3. The Bertz CT molecular complexity index is 593. The average Bonchev–Trinajstić information content (AvgIpc) is 2.93. The van der Waals surface area contributed by atoms with Crippen LogP contribution in [0.15, 0.2) is 30.7 Å². The van der Waals surface area contributed by atoms with Gasteiger partial charge in [0, 0.05) is 25.1 Å². The van der Waals surface area contributed by atoms with Crippen molar-refractivity contribution in [1.82, 2.24) is 14.3 Å². The van der Waals surface area contributed by atoms with Crippen LogP contribution in [0.2, 0.25) is 0 Å². The van der Waals surface area contributed by atoms with Crippen molar-refractivity contribution in [2.45, 2.75) is 25.3 Å². The summed E-state index contributed by atoms with van der Waals surface area (Å²) in [7, 11) is 0. The molecule has 1 amide bonds.